The summed E-state index contributed by atoms with van der Waals surface area (Å²) in [5.74, 6) is -1.95. The minimum absolute atomic E-state index is 0.382. The molecule has 0 heterocycles. The van der Waals surface area contributed by atoms with Crippen LogP contribution < -0.4 is 28.3 Å². The summed E-state index contributed by atoms with van der Waals surface area (Å²) in [6, 6.07) is -0.412. The third-order valence-electron chi connectivity index (χ3n) is 2.36. The van der Waals surface area contributed by atoms with Gasteiger partial charge in [0.2, 0.25) is 17.7 Å². The van der Waals surface area contributed by atoms with Crippen LogP contribution in [0.4, 0.5) is 0 Å². The van der Waals surface area contributed by atoms with Crippen molar-refractivity contribution < 1.29 is 14.4 Å². The Bertz CT molecular complexity index is 448. The number of nitrogens with one attached hydrogen (secondary N) is 1. The summed E-state index contributed by atoms with van der Waals surface area (Å²) in [6.07, 6.45) is 7.64. The standard InChI is InChI=1S/C13H22N6O3/c14-5-6-18-9-10(1-2-11(15)20)19(7-3-12(16)21)8-4-13(17)22/h1-4,7-8,10,18H,5-6,9,14H2,(H2,15,20)(H2,16,21)(H2,17,22). The molecule has 0 fully saturated rings. The first-order chi connectivity index (χ1) is 10.4. The molecular weight excluding hydrogens is 288 g/mol. The van der Waals surface area contributed by atoms with Crippen molar-refractivity contribution in [3.8, 4) is 0 Å². The number of hydrogen-bond donors (Lipinski definition) is 5. The van der Waals surface area contributed by atoms with Gasteiger partial charge in [0.05, 0.1) is 6.04 Å². The van der Waals surface area contributed by atoms with Crippen LogP contribution in [-0.2, 0) is 14.4 Å². The number of nitrogens with zero attached hydrogens (tertiary/aromatic N) is 1. The van der Waals surface area contributed by atoms with Gasteiger partial charge in [-0.25, -0.2) is 0 Å². The molecule has 0 rings (SSSR count). The van der Waals surface area contributed by atoms with E-state index in [1.807, 2.05) is 0 Å². The van der Waals surface area contributed by atoms with Gasteiger partial charge in [-0.2, -0.15) is 0 Å². The van der Waals surface area contributed by atoms with Crippen molar-refractivity contribution in [2.24, 2.45) is 22.9 Å². The highest BCUT2D eigenvalue weighted by molar-refractivity contribution is 5.87. The van der Waals surface area contributed by atoms with Crippen LogP contribution in [0, 0.1) is 0 Å². The molecule has 0 radical (unpaired) electrons. The molecule has 0 bridgehead atoms. The van der Waals surface area contributed by atoms with E-state index in [-0.39, 0.29) is 0 Å². The summed E-state index contributed by atoms with van der Waals surface area (Å²) >= 11 is 0. The third kappa shape index (κ3) is 10.2. The lowest BCUT2D eigenvalue weighted by Gasteiger charge is -2.25. The molecule has 3 amide bonds. The third-order valence-corrected chi connectivity index (χ3v) is 2.36. The van der Waals surface area contributed by atoms with Crippen LogP contribution in [0.3, 0.4) is 0 Å². The second-order valence-corrected chi connectivity index (χ2v) is 4.21. The Balaban J connectivity index is 5.23. The zero-order valence-electron chi connectivity index (χ0n) is 12.1. The summed E-state index contributed by atoms with van der Waals surface area (Å²) < 4.78 is 0. The number of rotatable bonds is 11. The maximum atomic E-state index is 10.9. The summed E-state index contributed by atoms with van der Waals surface area (Å²) in [5, 5.41) is 3.04. The Morgan fingerprint density at radius 1 is 0.955 bits per heavy atom. The van der Waals surface area contributed by atoms with E-state index in [0.717, 1.165) is 12.2 Å². The fraction of sp³-hybridized carbons (Fsp3) is 0.308. The van der Waals surface area contributed by atoms with Crippen LogP contribution in [0.15, 0.2) is 36.7 Å². The van der Waals surface area contributed by atoms with Crippen molar-refractivity contribution in [3.63, 3.8) is 0 Å². The van der Waals surface area contributed by atoms with Crippen molar-refractivity contribution in [2.75, 3.05) is 19.6 Å². The minimum Gasteiger partial charge on any atom is -0.366 e. The monoisotopic (exact) mass is 310 g/mol. The van der Waals surface area contributed by atoms with Gasteiger partial charge in [-0.1, -0.05) is 6.08 Å². The summed E-state index contributed by atoms with van der Waals surface area (Å²) in [7, 11) is 0. The van der Waals surface area contributed by atoms with E-state index in [4.69, 9.17) is 22.9 Å². The van der Waals surface area contributed by atoms with E-state index >= 15 is 0 Å². The Hall–Kier alpha value is -2.65. The zero-order chi connectivity index (χ0) is 17.0. The highest BCUT2D eigenvalue weighted by Gasteiger charge is 2.10. The van der Waals surface area contributed by atoms with Crippen molar-refractivity contribution in [1.82, 2.24) is 10.2 Å². The second kappa shape index (κ2) is 11.1. The highest BCUT2D eigenvalue weighted by Crippen LogP contribution is 2.04. The molecule has 9 heteroatoms. The molecule has 0 aliphatic heterocycles. The Kier molecular flexibility index (Phi) is 9.73. The normalized spacial score (nSPS) is 13.0. The van der Waals surface area contributed by atoms with Gasteiger partial charge in [0.1, 0.15) is 0 Å². The SMILES string of the molecule is NCCNCC(C=CC(N)=O)N(C=CC(N)=O)C=CC(N)=O. The summed E-state index contributed by atoms with van der Waals surface area (Å²) in [4.78, 5) is 34.1. The van der Waals surface area contributed by atoms with Crippen LogP contribution in [0.5, 0.6) is 0 Å². The van der Waals surface area contributed by atoms with Crippen LogP contribution in [0.1, 0.15) is 0 Å². The molecule has 9 nitrogen and oxygen atoms in total. The van der Waals surface area contributed by atoms with E-state index < -0.39 is 23.8 Å². The molecule has 0 saturated carbocycles. The number of nitrogens with two attached hydrogens (primary N) is 4. The summed E-state index contributed by atoms with van der Waals surface area (Å²) in [5.41, 5.74) is 20.6. The fourth-order valence-electron chi connectivity index (χ4n) is 1.42. The van der Waals surface area contributed by atoms with Crippen molar-refractivity contribution in [2.45, 2.75) is 6.04 Å². The van der Waals surface area contributed by atoms with E-state index in [2.05, 4.69) is 5.32 Å². The molecule has 1 atom stereocenters. The predicted octanol–water partition coefficient (Wildman–Crippen LogP) is -2.76. The van der Waals surface area contributed by atoms with E-state index in [1.165, 1.54) is 29.5 Å². The molecule has 22 heavy (non-hydrogen) atoms. The van der Waals surface area contributed by atoms with Crippen LogP contribution in [0.2, 0.25) is 0 Å². The fourth-order valence-corrected chi connectivity index (χ4v) is 1.42. The van der Waals surface area contributed by atoms with Gasteiger partial charge in [0.25, 0.3) is 0 Å². The van der Waals surface area contributed by atoms with Gasteiger partial charge in [-0.15, -0.1) is 0 Å². The maximum absolute atomic E-state index is 10.9. The van der Waals surface area contributed by atoms with Gasteiger partial charge < -0.3 is 33.2 Å². The van der Waals surface area contributed by atoms with Crippen LogP contribution in [0.25, 0.3) is 0 Å². The van der Waals surface area contributed by atoms with Gasteiger partial charge in [-0.05, 0) is 0 Å². The molecule has 0 aromatic carbocycles. The maximum Gasteiger partial charge on any atom is 0.242 e. The average Bonchev–Trinajstić information content (AvgIpc) is 2.42. The first-order valence-corrected chi connectivity index (χ1v) is 6.48. The molecule has 0 aliphatic carbocycles. The number of carbonyl (C=O) groups is 3. The highest BCUT2D eigenvalue weighted by atomic mass is 16.1. The number of primary amides is 3. The zero-order valence-corrected chi connectivity index (χ0v) is 12.1. The number of amides is 3. The topological polar surface area (TPSA) is 171 Å². The van der Waals surface area contributed by atoms with Crippen molar-refractivity contribution in [3.05, 3.63) is 36.7 Å². The molecule has 0 spiro atoms. The number of hydrogen-bond acceptors (Lipinski definition) is 6. The van der Waals surface area contributed by atoms with Gasteiger partial charge in [0, 0.05) is 50.3 Å². The van der Waals surface area contributed by atoms with Crippen LogP contribution >= 0.6 is 0 Å². The number of carbonyl (C=O) groups excluding carboxylic acids is 3. The Labute approximate surface area is 128 Å². The van der Waals surface area contributed by atoms with Gasteiger partial charge >= 0.3 is 0 Å². The Morgan fingerprint density at radius 2 is 1.45 bits per heavy atom. The second-order valence-electron chi connectivity index (χ2n) is 4.21. The Morgan fingerprint density at radius 3 is 1.86 bits per heavy atom. The minimum atomic E-state index is -0.662. The van der Waals surface area contributed by atoms with E-state index in [1.54, 1.807) is 0 Å². The van der Waals surface area contributed by atoms with Crippen LogP contribution in [-0.4, -0.2) is 48.3 Å². The lowest BCUT2D eigenvalue weighted by molar-refractivity contribution is -0.114. The summed E-state index contributed by atoms with van der Waals surface area (Å²) in [6.45, 7) is 1.36. The van der Waals surface area contributed by atoms with Gasteiger partial charge in [-0.3, -0.25) is 14.4 Å². The average molecular weight is 310 g/mol. The van der Waals surface area contributed by atoms with E-state index in [0.29, 0.717) is 19.6 Å². The molecule has 0 aromatic rings. The lowest BCUT2D eigenvalue weighted by atomic mass is 10.2. The quantitative estimate of drug-likeness (QED) is 0.204. The molecule has 1 unspecified atom stereocenters. The largest absolute Gasteiger partial charge is 0.366 e. The first-order valence-electron chi connectivity index (χ1n) is 6.48. The first kappa shape index (κ1) is 19.4. The molecule has 122 valence electrons. The molecular formula is C13H22N6O3. The molecule has 0 aliphatic rings. The van der Waals surface area contributed by atoms with Gasteiger partial charge in [0.15, 0.2) is 0 Å². The van der Waals surface area contributed by atoms with Crippen molar-refractivity contribution >= 4 is 17.7 Å². The van der Waals surface area contributed by atoms with E-state index in [9.17, 15) is 14.4 Å². The van der Waals surface area contributed by atoms with Crippen molar-refractivity contribution in [1.29, 1.82) is 0 Å². The smallest absolute Gasteiger partial charge is 0.242 e. The predicted molar refractivity (Wildman–Crippen MR) is 82.6 cm³/mol. The molecule has 9 N–H and O–H groups in total. The molecule has 0 saturated heterocycles. The lowest BCUT2D eigenvalue weighted by Crippen LogP contribution is -2.38. The molecule has 0 aromatic heterocycles.